The second kappa shape index (κ2) is 9.78. The van der Waals surface area contributed by atoms with E-state index in [1.54, 1.807) is 0 Å². The topological polar surface area (TPSA) is 47.3 Å². The maximum absolute atomic E-state index is 5.74. The van der Waals surface area contributed by atoms with Gasteiger partial charge in [-0.2, -0.15) is 0 Å². The number of hydrogen-bond acceptors (Lipinski definition) is 3. The van der Waals surface area contributed by atoms with Gasteiger partial charge in [0.25, 0.3) is 0 Å². The summed E-state index contributed by atoms with van der Waals surface area (Å²) in [6.07, 6.45) is 7.71. The number of hydrogen-bond donors (Lipinski definition) is 2. The molecule has 1 rings (SSSR count). The van der Waals surface area contributed by atoms with Crippen LogP contribution < -0.4 is 16.0 Å². The summed E-state index contributed by atoms with van der Waals surface area (Å²) in [5, 5.41) is 0. The van der Waals surface area contributed by atoms with Crippen molar-refractivity contribution >= 4 is 0 Å². The van der Waals surface area contributed by atoms with Crippen LogP contribution in [0.2, 0.25) is 0 Å². The van der Waals surface area contributed by atoms with Gasteiger partial charge in [-0.1, -0.05) is 51.2 Å². The Labute approximate surface area is 123 Å². The monoisotopic (exact) mass is 278 g/mol. The molecule has 0 aliphatic rings. The predicted molar refractivity (Wildman–Crippen MR) is 85.6 cm³/mol. The molecule has 0 heterocycles. The lowest BCUT2D eigenvalue weighted by atomic mass is 10.00. The highest BCUT2D eigenvalue weighted by Gasteiger charge is 2.10. The van der Waals surface area contributed by atoms with E-state index in [2.05, 4.69) is 24.5 Å². The van der Waals surface area contributed by atoms with Crippen LogP contribution >= 0.6 is 0 Å². The Balaban J connectivity index is 2.51. The van der Waals surface area contributed by atoms with Gasteiger partial charge in [0.05, 0.1) is 6.10 Å². The zero-order valence-corrected chi connectivity index (χ0v) is 13.2. The molecule has 0 spiro atoms. The fraction of sp³-hybridized carbons (Fsp3) is 0.647. The van der Waals surface area contributed by atoms with Crippen LogP contribution in [0.25, 0.3) is 0 Å². The molecular weight excluding hydrogens is 248 g/mol. The standard InChI is InChI=1S/C17H30N2O/c1-4-5-6-7-8-12-17(19-18)15-10-9-11-16(13-15)20-14(2)3/h9-11,13-14,17,19H,4-8,12,18H2,1-3H3. The van der Waals surface area contributed by atoms with E-state index in [1.807, 2.05) is 26.0 Å². The third-order valence-corrected chi connectivity index (χ3v) is 3.43. The van der Waals surface area contributed by atoms with Gasteiger partial charge in [0.1, 0.15) is 5.75 Å². The summed E-state index contributed by atoms with van der Waals surface area (Å²) >= 11 is 0. The van der Waals surface area contributed by atoms with Crippen molar-refractivity contribution in [2.45, 2.75) is 71.4 Å². The van der Waals surface area contributed by atoms with Crippen LogP contribution in [0, 0.1) is 0 Å². The third kappa shape index (κ3) is 6.40. The van der Waals surface area contributed by atoms with Crippen molar-refractivity contribution in [3.63, 3.8) is 0 Å². The van der Waals surface area contributed by atoms with Crippen molar-refractivity contribution in [3.05, 3.63) is 29.8 Å². The molecule has 1 unspecified atom stereocenters. The van der Waals surface area contributed by atoms with E-state index in [-0.39, 0.29) is 12.1 Å². The average molecular weight is 278 g/mol. The number of nitrogens with two attached hydrogens (primary N) is 1. The first-order valence-corrected chi connectivity index (χ1v) is 7.90. The molecular formula is C17H30N2O. The fourth-order valence-electron chi connectivity index (χ4n) is 2.38. The Morgan fingerprint density at radius 3 is 2.55 bits per heavy atom. The number of ether oxygens (including phenoxy) is 1. The van der Waals surface area contributed by atoms with Crippen LogP contribution in [0.15, 0.2) is 24.3 Å². The summed E-state index contributed by atoms with van der Waals surface area (Å²) < 4.78 is 5.74. The Morgan fingerprint density at radius 1 is 1.15 bits per heavy atom. The van der Waals surface area contributed by atoms with Crippen LogP contribution in [0.3, 0.4) is 0 Å². The summed E-state index contributed by atoms with van der Waals surface area (Å²) in [6.45, 7) is 6.32. The summed E-state index contributed by atoms with van der Waals surface area (Å²) in [4.78, 5) is 0. The summed E-state index contributed by atoms with van der Waals surface area (Å²) in [6, 6.07) is 8.46. The first kappa shape index (κ1) is 17.0. The minimum absolute atomic E-state index is 0.198. The molecule has 0 amide bonds. The first-order valence-electron chi connectivity index (χ1n) is 7.90. The second-order valence-electron chi connectivity index (χ2n) is 5.66. The van der Waals surface area contributed by atoms with E-state index in [9.17, 15) is 0 Å². The normalized spacial score (nSPS) is 12.7. The van der Waals surface area contributed by atoms with Crippen LogP contribution in [0.1, 0.15) is 70.9 Å². The first-order chi connectivity index (χ1) is 9.67. The van der Waals surface area contributed by atoms with E-state index in [0.717, 1.165) is 12.2 Å². The molecule has 3 heteroatoms. The molecule has 0 radical (unpaired) electrons. The van der Waals surface area contributed by atoms with Crippen molar-refractivity contribution in [3.8, 4) is 5.75 Å². The molecule has 0 fully saturated rings. The van der Waals surface area contributed by atoms with E-state index >= 15 is 0 Å². The zero-order valence-electron chi connectivity index (χ0n) is 13.2. The summed E-state index contributed by atoms with van der Waals surface area (Å²) in [5.41, 5.74) is 4.14. The van der Waals surface area contributed by atoms with Gasteiger partial charge in [-0.25, -0.2) is 0 Å². The highest BCUT2D eigenvalue weighted by atomic mass is 16.5. The Kier molecular flexibility index (Phi) is 8.31. The zero-order chi connectivity index (χ0) is 14.8. The lowest BCUT2D eigenvalue weighted by Crippen LogP contribution is -2.28. The number of benzene rings is 1. The highest BCUT2D eigenvalue weighted by Crippen LogP contribution is 2.24. The largest absolute Gasteiger partial charge is 0.491 e. The van der Waals surface area contributed by atoms with Gasteiger partial charge in [-0.05, 0) is 38.0 Å². The van der Waals surface area contributed by atoms with Crippen LogP contribution in [0.4, 0.5) is 0 Å². The summed E-state index contributed by atoms with van der Waals surface area (Å²) in [7, 11) is 0. The molecule has 0 aromatic heterocycles. The van der Waals surface area contributed by atoms with Crippen molar-refractivity contribution < 1.29 is 4.74 Å². The van der Waals surface area contributed by atoms with Gasteiger partial charge in [0.2, 0.25) is 0 Å². The quantitative estimate of drug-likeness (QED) is 0.380. The third-order valence-electron chi connectivity index (χ3n) is 3.43. The lowest BCUT2D eigenvalue weighted by molar-refractivity contribution is 0.242. The van der Waals surface area contributed by atoms with E-state index in [0.29, 0.717) is 0 Å². The number of rotatable bonds is 10. The molecule has 20 heavy (non-hydrogen) atoms. The number of unbranched alkanes of at least 4 members (excludes halogenated alkanes) is 4. The van der Waals surface area contributed by atoms with Crippen LogP contribution in [0.5, 0.6) is 5.75 Å². The van der Waals surface area contributed by atoms with E-state index in [1.165, 1.54) is 37.7 Å². The van der Waals surface area contributed by atoms with Gasteiger partial charge >= 0.3 is 0 Å². The fourth-order valence-corrected chi connectivity index (χ4v) is 2.38. The van der Waals surface area contributed by atoms with Gasteiger partial charge in [0.15, 0.2) is 0 Å². The molecule has 1 aromatic carbocycles. The second-order valence-corrected chi connectivity index (χ2v) is 5.66. The maximum atomic E-state index is 5.74. The highest BCUT2D eigenvalue weighted by molar-refractivity contribution is 5.30. The van der Waals surface area contributed by atoms with E-state index < -0.39 is 0 Å². The molecule has 0 aliphatic heterocycles. The van der Waals surface area contributed by atoms with Crippen molar-refractivity contribution in [1.29, 1.82) is 0 Å². The molecule has 3 N–H and O–H groups in total. The van der Waals surface area contributed by atoms with Crippen molar-refractivity contribution in [2.75, 3.05) is 0 Å². The van der Waals surface area contributed by atoms with Gasteiger partial charge < -0.3 is 4.74 Å². The number of nitrogens with one attached hydrogen (secondary N) is 1. The molecule has 1 aromatic rings. The Bertz CT molecular complexity index is 366. The molecule has 3 nitrogen and oxygen atoms in total. The van der Waals surface area contributed by atoms with E-state index in [4.69, 9.17) is 10.6 Å². The summed E-state index contributed by atoms with van der Waals surface area (Å²) in [5.74, 6) is 6.63. The van der Waals surface area contributed by atoms with Crippen LogP contribution in [-0.4, -0.2) is 6.10 Å². The van der Waals surface area contributed by atoms with Gasteiger partial charge in [-0.15, -0.1) is 0 Å². The van der Waals surface area contributed by atoms with Gasteiger partial charge in [0, 0.05) is 6.04 Å². The molecule has 1 atom stereocenters. The number of hydrazine groups is 1. The lowest BCUT2D eigenvalue weighted by Gasteiger charge is -2.18. The minimum Gasteiger partial charge on any atom is -0.491 e. The SMILES string of the molecule is CCCCCCCC(NN)c1cccc(OC(C)C)c1. The molecule has 114 valence electrons. The Hall–Kier alpha value is -1.06. The Morgan fingerprint density at radius 2 is 1.90 bits per heavy atom. The molecule has 0 aliphatic carbocycles. The minimum atomic E-state index is 0.198. The van der Waals surface area contributed by atoms with Crippen molar-refractivity contribution in [2.24, 2.45) is 5.84 Å². The predicted octanol–water partition coefficient (Wildman–Crippen LogP) is 4.34. The molecule has 0 saturated heterocycles. The van der Waals surface area contributed by atoms with Gasteiger partial charge in [-0.3, -0.25) is 11.3 Å². The molecule has 0 saturated carbocycles. The van der Waals surface area contributed by atoms with Crippen LogP contribution in [-0.2, 0) is 0 Å². The molecule has 0 bridgehead atoms. The average Bonchev–Trinajstić information content (AvgIpc) is 2.42. The maximum Gasteiger partial charge on any atom is 0.120 e. The smallest absolute Gasteiger partial charge is 0.120 e. The van der Waals surface area contributed by atoms with Crippen molar-refractivity contribution in [1.82, 2.24) is 5.43 Å².